The van der Waals surface area contributed by atoms with E-state index in [1.54, 1.807) is 18.3 Å². The van der Waals surface area contributed by atoms with Crippen molar-refractivity contribution in [2.45, 2.75) is 19.8 Å². The lowest BCUT2D eigenvalue weighted by Crippen LogP contribution is -2.41. The molecule has 2 N–H and O–H groups in total. The van der Waals surface area contributed by atoms with E-state index < -0.39 is 0 Å². The van der Waals surface area contributed by atoms with Gasteiger partial charge in [-0.15, -0.1) is 0 Å². The second-order valence-electron chi connectivity index (χ2n) is 5.49. The summed E-state index contributed by atoms with van der Waals surface area (Å²) in [5.74, 6) is 1.17. The molecule has 1 unspecified atom stereocenters. The molecule has 1 aliphatic rings. The molecular formula is C15H24N4O2. The third-order valence-electron chi connectivity index (χ3n) is 3.67. The van der Waals surface area contributed by atoms with E-state index >= 15 is 0 Å². The van der Waals surface area contributed by atoms with E-state index in [0.717, 1.165) is 25.6 Å². The van der Waals surface area contributed by atoms with Crippen LogP contribution in [-0.2, 0) is 0 Å². The molecule has 0 radical (unpaired) electrons. The van der Waals surface area contributed by atoms with Crippen LogP contribution in [-0.4, -0.2) is 49.2 Å². The molecule has 1 aromatic rings. The number of carbonyl (C=O) groups is 1. The van der Waals surface area contributed by atoms with Gasteiger partial charge in [-0.2, -0.15) is 0 Å². The predicted molar refractivity (Wildman–Crippen MR) is 82.6 cm³/mol. The van der Waals surface area contributed by atoms with Crippen LogP contribution in [0.4, 0.5) is 10.5 Å². The summed E-state index contributed by atoms with van der Waals surface area (Å²) in [4.78, 5) is 18.3. The molecular weight excluding hydrogens is 268 g/mol. The Bertz CT molecular complexity index is 467. The van der Waals surface area contributed by atoms with Gasteiger partial charge in [0.2, 0.25) is 5.88 Å². The Hall–Kier alpha value is -1.82. The number of anilines is 1. The van der Waals surface area contributed by atoms with Gasteiger partial charge in [0.15, 0.2) is 0 Å². The number of hydrogen-bond acceptors (Lipinski definition) is 4. The Kier molecular flexibility index (Phi) is 5.80. The number of pyridine rings is 1. The lowest BCUT2D eigenvalue weighted by atomic mass is 10.0. The molecule has 1 aromatic heterocycles. The van der Waals surface area contributed by atoms with Crippen LogP contribution in [0.2, 0.25) is 0 Å². The highest BCUT2D eigenvalue weighted by atomic mass is 16.5. The van der Waals surface area contributed by atoms with Crippen molar-refractivity contribution in [3.63, 3.8) is 0 Å². The monoisotopic (exact) mass is 292 g/mol. The number of amides is 2. The fourth-order valence-electron chi connectivity index (χ4n) is 2.63. The first kappa shape index (κ1) is 15.6. The molecule has 0 saturated carbocycles. The Balaban J connectivity index is 1.72. The van der Waals surface area contributed by atoms with Crippen molar-refractivity contribution in [2.24, 2.45) is 5.92 Å². The average molecular weight is 292 g/mol. The molecule has 1 aliphatic heterocycles. The van der Waals surface area contributed by atoms with Crippen LogP contribution in [0.3, 0.4) is 0 Å². The number of carbonyl (C=O) groups excluding carboxylic acids is 1. The number of methoxy groups -OCH3 is 1. The topological polar surface area (TPSA) is 66.5 Å². The van der Waals surface area contributed by atoms with E-state index in [1.165, 1.54) is 20.0 Å². The first-order valence-corrected chi connectivity index (χ1v) is 7.45. The largest absolute Gasteiger partial charge is 0.480 e. The summed E-state index contributed by atoms with van der Waals surface area (Å²) >= 11 is 0. The first-order chi connectivity index (χ1) is 10.2. The van der Waals surface area contributed by atoms with Crippen LogP contribution in [0, 0.1) is 5.92 Å². The van der Waals surface area contributed by atoms with Gasteiger partial charge in [-0.25, -0.2) is 9.78 Å². The van der Waals surface area contributed by atoms with E-state index in [-0.39, 0.29) is 6.03 Å². The number of ether oxygens (including phenoxy) is 1. The SMILES string of the molecule is COc1ncccc1NC(=O)NCCN1CCCC(C)C1. The molecule has 21 heavy (non-hydrogen) atoms. The van der Waals surface area contributed by atoms with Gasteiger partial charge in [0.05, 0.1) is 7.11 Å². The summed E-state index contributed by atoms with van der Waals surface area (Å²) in [6, 6.07) is 3.29. The molecule has 2 amide bonds. The molecule has 2 rings (SSSR count). The van der Waals surface area contributed by atoms with Crippen LogP contribution < -0.4 is 15.4 Å². The molecule has 0 aromatic carbocycles. The Morgan fingerprint density at radius 2 is 2.43 bits per heavy atom. The number of hydrogen-bond donors (Lipinski definition) is 2. The minimum Gasteiger partial charge on any atom is -0.480 e. The maximum atomic E-state index is 11.9. The van der Waals surface area contributed by atoms with Crippen molar-refractivity contribution in [1.82, 2.24) is 15.2 Å². The van der Waals surface area contributed by atoms with E-state index in [1.807, 2.05) is 0 Å². The summed E-state index contributed by atoms with van der Waals surface area (Å²) in [7, 11) is 1.53. The van der Waals surface area contributed by atoms with Gasteiger partial charge in [-0.1, -0.05) is 6.92 Å². The highest BCUT2D eigenvalue weighted by Crippen LogP contribution is 2.19. The Labute approximate surface area is 125 Å². The second kappa shape index (κ2) is 7.83. The summed E-state index contributed by atoms with van der Waals surface area (Å²) in [6.45, 7) is 6.06. The molecule has 1 fully saturated rings. The minimum atomic E-state index is -0.230. The van der Waals surface area contributed by atoms with Crippen LogP contribution in [0.25, 0.3) is 0 Å². The van der Waals surface area contributed by atoms with Crippen molar-refractivity contribution in [3.8, 4) is 5.88 Å². The van der Waals surface area contributed by atoms with Crippen LogP contribution in [0.1, 0.15) is 19.8 Å². The third-order valence-corrected chi connectivity index (χ3v) is 3.67. The molecule has 1 atom stereocenters. The van der Waals surface area contributed by atoms with E-state index in [2.05, 4.69) is 27.4 Å². The number of likely N-dealkylation sites (tertiary alicyclic amines) is 1. The number of urea groups is 1. The van der Waals surface area contributed by atoms with Gasteiger partial charge in [0, 0.05) is 25.8 Å². The standard InChI is InChI=1S/C15H24N4O2/c1-12-5-4-9-19(11-12)10-8-17-15(20)18-13-6-3-7-16-14(13)21-2/h3,6-7,12H,4-5,8-11H2,1-2H3,(H2,17,18,20). The highest BCUT2D eigenvalue weighted by Gasteiger charge is 2.15. The maximum Gasteiger partial charge on any atom is 0.319 e. The molecule has 116 valence electrons. The van der Waals surface area contributed by atoms with Crippen molar-refractivity contribution in [1.29, 1.82) is 0 Å². The number of nitrogens with zero attached hydrogens (tertiary/aromatic N) is 2. The normalized spacial score (nSPS) is 19.0. The number of piperidine rings is 1. The van der Waals surface area contributed by atoms with Gasteiger partial charge in [-0.3, -0.25) is 0 Å². The average Bonchev–Trinajstić information content (AvgIpc) is 2.48. The lowest BCUT2D eigenvalue weighted by Gasteiger charge is -2.30. The number of rotatable bonds is 5. The fourth-order valence-corrected chi connectivity index (χ4v) is 2.63. The smallest absolute Gasteiger partial charge is 0.319 e. The van der Waals surface area contributed by atoms with E-state index in [9.17, 15) is 4.79 Å². The second-order valence-corrected chi connectivity index (χ2v) is 5.49. The molecule has 2 heterocycles. The zero-order chi connectivity index (χ0) is 15.1. The van der Waals surface area contributed by atoms with E-state index in [0.29, 0.717) is 18.1 Å². The fraction of sp³-hybridized carbons (Fsp3) is 0.600. The number of aromatic nitrogens is 1. The van der Waals surface area contributed by atoms with Crippen LogP contribution >= 0.6 is 0 Å². The highest BCUT2D eigenvalue weighted by molar-refractivity contribution is 5.90. The number of nitrogens with one attached hydrogen (secondary N) is 2. The van der Waals surface area contributed by atoms with Crippen LogP contribution in [0.5, 0.6) is 5.88 Å². The van der Waals surface area contributed by atoms with Gasteiger partial charge in [0.25, 0.3) is 0 Å². The maximum absolute atomic E-state index is 11.9. The zero-order valence-electron chi connectivity index (χ0n) is 12.8. The summed E-state index contributed by atoms with van der Waals surface area (Å²) in [6.07, 6.45) is 4.19. The van der Waals surface area contributed by atoms with Gasteiger partial charge in [0.1, 0.15) is 5.69 Å². The summed E-state index contributed by atoms with van der Waals surface area (Å²) in [5.41, 5.74) is 0.573. The Morgan fingerprint density at radius 1 is 1.57 bits per heavy atom. The molecule has 0 aliphatic carbocycles. The van der Waals surface area contributed by atoms with Crippen molar-refractivity contribution in [3.05, 3.63) is 18.3 Å². The minimum absolute atomic E-state index is 0.230. The lowest BCUT2D eigenvalue weighted by molar-refractivity contribution is 0.184. The third kappa shape index (κ3) is 4.90. The zero-order valence-corrected chi connectivity index (χ0v) is 12.8. The van der Waals surface area contributed by atoms with Gasteiger partial charge < -0.3 is 20.3 Å². The van der Waals surface area contributed by atoms with Crippen molar-refractivity contribution in [2.75, 3.05) is 38.6 Å². The molecule has 6 heteroatoms. The first-order valence-electron chi connectivity index (χ1n) is 7.45. The predicted octanol–water partition coefficient (Wildman–Crippen LogP) is 1.94. The molecule has 6 nitrogen and oxygen atoms in total. The summed E-state index contributed by atoms with van der Waals surface area (Å²) < 4.78 is 5.10. The van der Waals surface area contributed by atoms with Crippen LogP contribution in [0.15, 0.2) is 18.3 Å². The quantitative estimate of drug-likeness (QED) is 0.870. The van der Waals surface area contributed by atoms with Crippen molar-refractivity contribution < 1.29 is 9.53 Å². The van der Waals surface area contributed by atoms with Gasteiger partial charge >= 0.3 is 6.03 Å². The van der Waals surface area contributed by atoms with Crippen molar-refractivity contribution >= 4 is 11.7 Å². The van der Waals surface area contributed by atoms with Gasteiger partial charge in [-0.05, 0) is 37.4 Å². The Morgan fingerprint density at radius 3 is 3.19 bits per heavy atom. The molecule has 1 saturated heterocycles. The summed E-state index contributed by atoms with van der Waals surface area (Å²) in [5, 5.41) is 5.62. The van der Waals surface area contributed by atoms with E-state index in [4.69, 9.17) is 4.74 Å². The molecule has 0 bridgehead atoms. The molecule has 0 spiro atoms.